The van der Waals surface area contributed by atoms with Gasteiger partial charge >= 0.3 is 5.76 Å². The van der Waals surface area contributed by atoms with Crippen LogP contribution in [-0.2, 0) is 17.1 Å². The second-order valence-electron chi connectivity index (χ2n) is 5.36. The smallest absolute Gasteiger partial charge is 0.408 e. The number of aromatic nitrogens is 1. The summed E-state index contributed by atoms with van der Waals surface area (Å²) in [5, 5.41) is 8.89. The van der Waals surface area contributed by atoms with Gasteiger partial charge in [0.2, 0.25) is 10.0 Å². The second-order valence-corrected chi connectivity index (χ2v) is 7.30. The summed E-state index contributed by atoms with van der Waals surface area (Å²) in [6.07, 6.45) is 1.09. The number of nitrogens with zero attached hydrogens (tertiary/aromatic N) is 3. The fourth-order valence-electron chi connectivity index (χ4n) is 2.64. The zero-order valence-electron chi connectivity index (χ0n) is 12.0. The molecule has 116 valence electrons. The van der Waals surface area contributed by atoms with E-state index >= 15 is 0 Å². The van der Waals surface area contributed by atoms with Gasteiger partial charge in [0, 0.05) is 26.1 Å². The highest BCUT2D eigenvalue weighted by Gasteiger charge is 2.29. The molecule has 0 radical (unpaired) electrons. The van der Waals surface area contributed by atoms with Gasteiger partial charge in [0.05, 0.1) is 16.5 Å². The number of hydrogen-bond acceptors (Lipinski definition) is 5. The number of fused-ring (bicyclic) bond motifs is 1. The van der Waals surface area contributed by atoms with E-state index < -0.39 is 15.8 Å². The Morgan fingerprint density at radius 3 is 2.64 bits per heavy atom. The van der Waals surface area contributed by atoms with Crippen molar-refractivity contribution in [2.45, 2.75) is 17.7 Å². The van der Waals surface area contributed by atoms with Gasteiger partial charge in [-0.1, -0.05) is 0 Å². The van der Waals surface area contributed by atoms with Crippen LogP contribution in [0.1, 0.15) is 12.8 Å². The van der Waals surface area contributed by atoms with Crippen LogP contribution in [0.4, 0.5) is 0 Å². The van der Waals surface area contributed by atoms with Gasteiger partial charge < -0.3 is 4.42 Å². The maximum absolute atomic E-state index is 12.7. The van der Waals surface area contributed by atoms with Crippen molar-refractivity contribution in [3.05, 3.63) is 28.7 Å². The summed E-state index contributed by atoms with van der Waals surface area (Å²) in [5.41, 5.74) is 0.799. The van der Waals surface area contributed by atoms with Crippen LogP contribution in [0.15, 0.2) is 32.3 Å². The quantitative estimate of drug-likeness (QED) is 0.824. The molecule has 3 rings (SSSR count). The molecule has 0 bridgehead atoms. The van der Waals surface area contributed by atoms with E-state index in [2.05, 4.69) is 6.07 Å². The van der Waals surface area contributed by atoms with Gasteiger partial charge in [-0.25, -0.2) is 13.2 Å². The molecule has 0 spiro atoms. The summed E-state index contributed by atoms with van der Waals surface area (Å²) in [5.74, 6) is -0.608. The molecule has 2 aromatic rings. The zero-order valence-corrected chi connectivity index (χ0v) is 12.8. The summed E-state index contributed by atoms with van der Waals surface area (Å²) in [4.78, 5) is 11.6. The van der Waals surface area contributed by atoms with Crippen LogP contribution in [0.3, 0.4) is 0 Å². The number of piperidine rings is 1. The first-order chi connectivity index (χ1) is 10.4. The highest BCUT2D eigenvalue weighted by atomic mass is 32.2. The van der Waals surface area contributed by atoms with E-state index in [1.54, 1.807) is 0 Å². The molecule has 7 nitrogen and oxygen atoms in total. The predicted octanol–water partition coefficient (Wildman–Crippen LogP) is 1.06. The molecule has 1 aromatic heterocycles. The lowest BCUT2D eigenvalue weighted by molar-refractivity contribution is 0.310. The van der Waals surface area contributed by atoms with E-state index in [4.69, 9.17) is 9.68 Å². The minimum absolute atomic E-state index is 0.0800. The standard InChI is InChI=1S/C14H15N3O4S/c1-16-12-8-11(2-3-13(12)21-14(16)18)22(19,20)17-6-4-10(9-15)5-7-17/h2-3,8,10H,4-7H2,1H3. The fraction of sp³-hybridized carbons (Fsp3) is 0.429. The summed E-state index contributed by atoms with van der Waals surface area (Å²) in [6.45, 7) is 0.672. The Balaban J connectivity index is 1.97. The van der Waals surface area contributed by atoms with E-state index in [0.29, 0.717) is 37.0 Å². The lowest BCUT2D eigenvalue weighted by Crippen LogP contribution is -2.38. The van der Waals surface area contributed by atoms with Gasteiger partial charge in [0.25, 0.3) is 0 Å². The van der Waals surface area contributed by atoms with Crippen molar-refractivity contribution in [3.8, 4) is 6.07 Å². The SMILES string of the molecule is Cn1c(=O)oc2ccc(S(=O)(=O)N3CCC(C#N)CC3)cc21. The Bertz CT molecular complexity index is 912. The number of hydrogen-bond donors (Lipinski definition) is 0. The Hall–Kier alpha value is -2.11. The van der Waals surface area contributed by atoms with Crippen molar-refractivity contribution < 1.29 is 12.8 Å². The predicted molar refractivity (Wildman–Crippen MR) is 78.6 cm³/mol. The molecule has 1 saturated heterocycles. The minimum Gasteiger partial charge on any atom is -0.408 e. The van der Waals surface area contributed by atoms with Crippen molar-refractivity contribution in [2.24, 2.45) is 13.0 Å². The first-order valence-electron chi connectivity index (χ1n) is 6.93. The summed E-state index contributed by atoms with van der Waals surface area (Å²) in [7, 11) is -2.10. The molecule has 0 aliphatic carbocycles. The Labute approximate surface area is 127 Å². The van der Waals surface area contributed by atoms with Crippen molar-refractivity contribution in [1.29, 1.82) is 5.26 Å². The van der Waals surface area contributed by atoms with Gasteiger partial charge in [-0.2, -0.15) is 9.57 Å². The molecule has 1 fully saturated rings. The molecular weight excluding hydrogens is 306 g/mol. The zero-order chi connectivity index (χ0) is 15.9. The van der Waals surface area contributed by atoms with Crippen LogP contribution >= 0.6 is 0 Å². The van der Waals surface area contributed by atoms with Crippen LogP contribution in [0, 0.1) is 17.2 Å². The second kappa shape index (κ2) is 5.26. The van der Waals surface area contributed by atoms with Gasteiger partial charge in [-0.15, -0.1) is 0 Å². The largest absolute Gasteiger partial charge is 0.419 e. The molecule has 1 aromatic carbocycles. The van der Waals surface area contributed by atoms with Crippen molar-refractivity contribution in [3.63, 3.8) is 0 Å². The van der Waals surface area contributed by atoms with Crippen LogP contribution in [0.25, 0.3) is 11.1 Å². The molecule has 8 heteroatoms. The molecular formula is C14H15N3O4S. The highest BCUT2D eigenvalue weighted by Crippen LogP contribution is 2.25. The molecule has 0 saturated carbocycles. The Morgan fingerprint density at radius 2 is 2.00 bits per heavy atom. The molecule has 0 N–H and O–H groups in total. The van der Waals surface area contributed by atoms with Gasteiger partial charge in [-0.3, -0.25) is 4.57 Å². The summed E-state index contributed by atoms with van der Waals surface area (Å²) in [6, 6.07) is 6.56. The highest BCUT2D eigenvalue weighted by molar-refractivity contribution is 7.89. The first kappa shape index (κ1) is 14.8. The third-order valence-electron chi connectivity index (χ3n) is 4.04. The molecule has 2 heterocycles. The van der Waals surface area contributed by atoms with Crippen molar-refractivity contribution in [2.75, 3.05) is 13.1 Å². The average molecular weight is 321 g/mol. The van der Waals surface area contributed by atoms with E-state index in [1.807, 2.05) is 0 Å². The van der Waals surface area contributed by atoms with Crippen LogP contribution < -0.4 is 5.76 Å². The molecule has 1 aliphatic rings. The summed E-state index contributed by atoms with van der Waals surface area (Å²) < 4.78 is 33.0. The normalized spacial score (nSPS) is 17.6. The molecule has 0 amide bonds. The van der Waals surface area contributed by atoms with E-state index in [-0.39, 0.29) is 10.8 Å². The van der Waals surface area contributed by atoms with Crippen LogP contribution in [-0.4, -0.2) is 30.4 Å². The fourth-order valence-corrected chi connectivity index (χ4v) is 4.13. The molecule has 0 unspecified atom stereocenters. The van der Waals surface area contributed by atoms with Gasteiger partial charge in [-0.05, 0) is 31.0 Å². The van der Waals surface area contributed by atoms with Gasteiger partial charge in [0.15, 0.2) is 5.58 Å². The van der Waals surface area contributed by atoms with Crippen molar-refractivity contribution in [1.82, 2.24) is 8.87 Å². The topological polar surface area (TPSA) is 96.3 Å². The maximum atomic E-state index is 12.7. The molecule has 0 atom stereocenters. The molecule has 22 heavy (non-hydrogen) atoms. The third kappa shape index (κ3) is 2.32. The monoisotopic (exact) mass is 321 g/mol. The Morgan fingerprint density at radius 1 is 1.32 bits per heavy atom. The number of nitriles is 1. The lowest BCUT2D eigenvalue weighted by atomic mass is 10.0. The number of sulfonamides is 1. The number of benzene rings is 1. The number of oxazole rings is 1. The average Bonchev–Trinajstić information content (AvgIpc) is 2.82. The maximum Gasteiger partial charge on any atom is 0.419 e. The van der Waals surface area contributed by atoms with Crippen LogP contribution in [0.5, 0.6) is 0 Å². The first-order valence-corrected chi connectivity index (χ1v) is 8.37. The van der Waals surface area contributed by atoms with Gasteiger partial charge in [0.1, 0.15) is 0 Å². The Kier molecular flexibility index (Phi) is 3.54. The minimum atomic E-state index is -3.63. The molecule has 1 aliphatic heterocycles. The van der Waals surface area contributed by atoms with Crippen molar-refractivity contribution >= 4 is 21.1 Å². The van der Waals surface area contributed by atoms with Crippen LogP contribution in [0.2, 0.25) is 0 Å². The third-order valence-corrected chi connectivity index (χ3v) is 5.93. The van der Waals surface area contributed by atoms with E-state index in [1.165, 1.54) is 34.1 Å². The van der Waals surface area contributed by atoms with E-state index in [0.717, 1.165) is 0 Å². The summed E-state index contributed by atoms with van der Waals surface area (Å²) >= 11 is 0. The van der Waals surface area contributed by atoms with E-state index in [9.17, 15) is 13.2 Å². The number of rotatable bonds is 2. The number of aryl methyl sites for hydroxylation is 1. The lowest BCUT2D eigenvalue weighted by Gasteiger charge is -2.28.